The molecule has 2 aromatic carbocycles. The first-order valence-corrected chi connectivity index (χ1v) is 7.10. The number of anilines is 1. The molecule has 0 aliphatic carbocycles. The summed E-state index contributed by atoms with van der Waals surface area (Å²) in [7, 11) is 0. The van der Waals surface area contributed by atoms with E-state index in [0.717, 1.165) is 16.7 Å². The Labute approximate surface area is 132 Å². The molecule has 0 saturated heterocycles. The van der Waals surface area contributed by atoms with E-state index in [9.17, 15) is 0 Å². The van der Waals surface area contributed by atoms with Crippen LogP contribution >= 0.6 is 23.2 Å². The topological polar surface area (TPSA) is 52.0 Å². The van der Waals surface area contributed by atoms with Crippen molar-refractivity contribution in [1.29, 1.82) is 0 Å². The van der Waals surface area contributed by atoms with Gasteiger partial charge in [-0.3, -0.25) is 0 Å². The molecule has 3 nitrogen and oxygen atoms in total. The van der Waals surface area contributed by atoms with E-state index in [0.29, 0.717) is 27.2 Å². The van der Waals surface area contributed by atoms with Crippen LogP contribution in [0.2, 0.25) is 10.0 Å². The van der Waals surface area contributed by atoms with Crippen molar-refractivity contribution >= 4 is 29.0 Å². The van der Waals surface area contributed by atoms with Gasteiger partial charge in [0.2, 0.25) is 0 Å². The quantitative estimate of drug-likeness (QED) is 0.706. The van der Waals surface area contributed by atoms with Crippen LogP contribution in [-0.4, -0.2) is 5.16 Å². The van der Waals surface area contributed by atoms with Crippen molar-refractivity contribution < 1.29 is 4.52 Å². The molecule has 0 bridgehead atoms. The molecule has 0 aliphatic rings. The van der Waals surface area contributed by atoms with Gasteiger partial charge in [-0.05, 0) is 36.8 Å². The molecular formula is C16H12Cl2N2O. The highest BCUT2D eigenvalue weighted by molar-refractivity contribution is 6.33. The van der Waals surface area contributed by atoms with Crippen LogP contribution in [0.25, 0.3) is 22.5 Å². The monoisotopic (exact) mass is 318 g/mol. The summed E-state index contributed by atoms with van der Waals surface area (Å²) in [4.78, 5) is 0. The molecule has 5 heteroatoms. The standard InChI is InChI=1S/C16H12Cl2N2O/c1-9-8-10(6-7-12(9)17)15-14(16(19)20-21-15)11-4-2-3-5-13(11)18/h2-8H,1H3,(H2,19,20). The van der Waals surface area contributed by atoms with Gasteiger partial charge in [0, 0.05) is 21.2 Å². The Morgan fingerprint density at radius 3 is 2.52 bits per heavy atom. The van der Waals surface area contributed by atoms with Crippen LogP contribution in [0.3, 0.4) is 0 Å². The van der Waals surface area contributed by atoms with Crippen molar-refractivity contribution in [2.45, 2.75) is 6.92 Å². The molecule has 0 aliphatic heterocycles. The Morgan fingerprint density at radius 2 is 1.81 bits per heavy atom. The molecule has 3 rings (SSSR count). The van der Waals surface area contributed by atoms with Gasteiger partial charge >= 0.3 is 0 Å². The van der Waals surface area contributed by atoms with E-state index in [4.69, 9.17) is 33.5 Å². The lowest BCUT2D eigenvalue weighted by molar-refractivity contribution is 0.436. The van der Waals surface area contributed by atoms with Crippen LogP contribution in [0.5, 0.6) is 0 Å². The van der Waals surface area contributed by atoms with Gasteiger partial charge < -0.3 is 10.3 Å². The van der Waals surface area contributed by atoms with E-state index >= 15 is 0 Å². The highest BCUT2D eigenvalue weighted by Crippen LogP contribution is 2.40. The average Bonchev–Trinajstić information content (AvgIpc) is 2.84. The Morgan fingerprint density at radius 1 is 1.05 bits per heavy atom. The lowest BCUT2D eigenvalue weighted by atomic mass is 10.0. The molecule has 3 aromatic rings. The fourth-order valence-corrected chi connectivity index (χ4v) is 2.56. The lowest BCUT2D eigenvalue weighted by Gasteiger charge is -2.06. The van der Waals surface area contributed by atoms with Crippen molar-refractivity contribution in [1.82, 2.24) is 5.16 Å². The second-order valence-corrected chi connectivity index (χ2v) is 5.53. The van der Waals surface area contributed by atoms with Crippen LogP contribution in [0.1, 0.15) is 5.56 Å². The molecule has 0 unspecified atom stereocenters. The van der Waals surface area contributed by atoms with Gasteiger partial charge in [-0.1, -0.05) is 46.6 Å². The van der Waals surface area contributed by atoms with Crippen LogP contribution in [0.15, 0.2) is 47.0 Å². The first-order chi connectivity index (χ1) is 10.1. The zero-order valence-corrected chi connectivity index (χ0v) is 12.7. The number of hydrogen-bond donors (Lipinski definition) is 1. The van der Waals surface area contributed by atoms with Crippen molar-refractivity contribution in [3.63, 3.8) is 0 Å². The van der Waals surface area contributed by atoms with Crippen molar-refractivity contribution in [3.05, 3.63) is 58.1 Å². The average molecular weight is 319 g/mol. The summed E-state index contributed by atoms with van der Waals surface area (Å²) in [5.41, 5.74) is 9.26. The third kappa shape index (κ3) is 2.50. The highest BCUT2D eigenvalue weighted by Gasteiger charge is 2.19. The fraction of sp³-hybridized carbons (Fsp3) is 0.0625. The summed E-state index contributed by atoms with van der Waals surface area (Å²) in [5, 5.41) is 5.17. The lowest BCUT2D eigenvalue weighted by Crippen LogP contribution is -1.90. The van der Waals surface area contributed by atoms with E-state index in [1.165, 1.54) is 0 Å². The normalized spacial score (nSPS) is 10.8. The van der Waals surface area contributed by atoms with E-state index in [1.54, 1.807) is 6.07 Å². The summed E-state index contributed by atoms with van der Waals surface area (Å²) in [6.07, 6.45) is 0. The Balaban J connectivity index is 2.22. The number of aromatic nitrogens is 1. The fourth-order valence-electron chi connectivity index (χ4n) is 2.21. The van der Waals surface area contributed by atoms with Gasteiger partial charge in [0.15, 0.2) is 11.6 Å². The largest absolute Gasteiger partial charge is 0.380 e. The number of halogens is 2. The Kier molecular flexibility index (Phi) is 3.62. The maximum atomic E-state index is 6.26. The number of aryl methyl sites for hydroxylation is 1. The molecular weight excluding hydrogens is 307 g/mol. The number of rotatable bonds is 2. The zero-order valence-electron chi connectivity index (χ0n) is 11.2. The predicted molar refractivity (Wildman–Crippen MR) is 86.5 cm³/mol. The molecule has 1 heterocycles. The van der Waals surface area contributed by atoms with Gasteiger partial charge in [-0.25, -0.2) is 0 Å². The molecule has 1 aromatic heterocycles. The van der Waals surface area contributed by atoms with E-state index < -0.39 is 0 Å². The summed E-state index contributed by atoms with van der Waals surface area (Å²) >= 11 is 12.3. The Bertz CT molecular complexity index is 812. The van der Waals surface area contributed by atoms with E-state index in [-0.39, 0.29) is 0 Å². The van der Waals surface area contributed by atoms with Gasteiger partial charge in [0.25, 0.3) is 0 Å². The smallest absolute Gasteiger partial charge is 0.176 e. The van der Waals surface area contributed by atoms with Crippen LogP contribution in [0, 0.1) is 6.92 Å². The maximum absolute atomic E-state index is 6.26. The van der Waals surface area contributed by atoms with Crippen molar-refractivity contribution in [2.24, 2.45) is 0 Å². The first kappa shape index (κ1) is 14.0. The summed E-state index contributed by atoms with van der Waals surface area (Å²) < 4.78 is 5.41. The maximum Gasteiger partial charge on any atom is 0.176 e. The minimum Gasteiger partial charge on any atom is -0.380 e. The first-order valence-electron chi connectivity index (χ1n) is 6.34. The SMILES string of the molecule is Cc1cc(-c2onc(N)c2-c2ccccc2Cl)ccc1Cl. The van der Waals surface area contributed by atoms with Gasteiger partial charge in [-0.15, -0.1) is 0 Å². The van der Waals surface area contributed by atoms with Crippen LogP contribution in [0.4, 0.5) is 5.82 Å². The number of benzene rings is 2. The summed E-state index contributed by atoms with van der Waals surface area (Å²) in [6.45, 7) is 1.93. The van der Waals surface area contributed by atoms with E-state index in [2.05, 4.69) is 5.16 Å². The molecule has 0 fully saturated rings. The van der Waals surface area contributed by atoms with Gasteiger partial charge in [-0.2, -0.15) is 0 Å². The van der Waals surface area contributed by atoms with Crippen LogP contribution < -0.4 is 5.73 Å². The number of nitrogen functional groups attached to an aromatic ring is 1. The number of nitrogens with zero attached hydrogens (tertiary/aromatic N) is 1. The van der Waals surface area contributed by atoms with E-state index in [1.807, 2.05) is 43.3 Å². The number of nitrogens with two attached hydrogens (primary N) is 1. The molecule has 0 amide bonds. The minimum absolute atomic E-state index is 0.311. The predicted octanol–water partition coefficient (Wildman–Crippen LogP) is 5.21. The second-order valence-electron chi connectivity index (χ2n) is 4.72. The second kappa shape index (κ2) is 5.43. The molecule has 21 heavy (non-hydrogen) atoms. The van der Waals surface area contributed by atoms with Crippen molar-refractivity contribution in [3.8, 4) is 22.5 Å². The van der Waals surface area contributed by atoms with Crippen molar-refractivity contribution in [2.75, 3.05) is 5.73 Å². The highest BCUT2D eigenvalue weighted by atomic mass is 35.5. The summed E-state index contributed by atoms with van der Waals surface area (Å²) in [6, 6.07) is 13.1. The van der Waals surface area contributed by atoms with Crippen LogP contribution in [-0.2, 0) is 0 Å². The molecule has 0 atom stereocenters. The molecule has 0 saturated carbocycles. The Hall–Kier alpha value is -1.97. The third-order valence-electron chi connectivity index (χ3n) is 3.28. The molecule has 0 spiro atoms. The minimum atomic E-state index is 0.311. The third-order valence-corrected chi connectivity index (χ3v) is 4.04. The summed E-state index contributed by atoms with van der Waals surface area (Å²) in [5.74, 6) is 0.895. The molecule has 106 valence electrons. The molecule has 0 radical (unpaired) electrons. The zero-order chi connectivity index (χ0) is 15.0. The molecule has 2 N–H and O–H groups in total. The van der Waals surface area contributed by atoms with Gasteiger partial charge in [0.1, 0.15) is 0 Å². The van der Waals surface area contributed by atoms with Gasteiger partial charge in [0.05, 0.1) is 5.56 Å². The number of hydrogen-bond acceptors (Lipinski definition) is 3.